The van der Waals surface area contributed by atoms with Crippen molar-refractivity contribution in [2.75, 3.05) is 27.2 Å². The fourth-order valence-corrected chi connectivity index (χ4v) is 1.64. The van der Waals surface area contributed by atoms with Gasteiger partial charge < -0.3 is 20.6 Å². The van der Waals surface area contributed by atoms with Crippen LogP contribution in [0.3, 0.4) is 0 Å². The van der Waals surface area contributed by atoms with Gasteiger partial charge in [0.15, 0.2) is 0 Å². The van der Waals surface area contributed by atoms with Gasteiger partial charge in [0.05, 0.1) is 0 Å². The Morgan fingerprint density at radius 1 is 1.04 bits per heavy atom. The van der Waals surface area contributed by atoms with Gasteiger partial charge in [-0.2, -0.15) is 13.2 Å². The van der Waals surface area contributed by atoms with Crippen LogP contribution in [0, 0.1) is 0 Å². The number of amides is 2. The predicted octanol–water partition coefficient (Wildman–Crippen LogP) is 1.25. The number of nitrogens with one attached hydrogen (secondary N) is 2. The molecule has 0 fully saturated rings. The molecule has 0 aromatic heterocycles. The molecule has 0 aliphatic rings. The van der Waals surface area contributed by atoms with E-state index in [1.165, 1.54) is 12.5 Å². The fraction of sp³-hybridized carbons (Fsp3) is 0.438. The molecule has 0 aliphatic heterocycles. The number of halogens is 3. The lowest BCUT2D eigenvalue weighted by molar-refractivity contribution is -0.192. The van der Waals surface area contributed by atoms with Crippen LogP contribution in [0.2, 0.25) is 0 Å². The fourth-order valence-electron chi connectivity index (χ4n) is 1.64. The molecule has 3 N–H and O–H groups in total. The Balaban J connectivity index is 0.000000758. The van der Waals surface area contributed by atoms with Crippen LogP contribution in [0.25, 0.3) is 0 Å². The van der Waals surface area contributed by atoms with Crippen LogP contribution in [0.1, 0.15) is 22.8 Å². The highest BCUT2D eigenvalue weighted by molar-refractivity contribution is 5.94. The molecule has 0 radical (unpaired) electrons. The van der Waals surface area contributed by atoms with Crippen molar-refractivity contribution in [1.82, 2.24) is 15.5 Å². The summed E-state index contributed by atoms with van der Waals surface area (Å²) in [6.07, 6.45) is -5.08. The van der Waals surface area contributed by atoms with E-state index in [1.54, 1.807) is 0 Å². The topological polar surface area (TPSA) is 98.7 Å². The van der Waals surface area contributed by atoms with Crippen LogP contribution >= 0.6 is 0 Å². The average Bonchev–Trinajstić information content (AvgIpc) is 2.51. The summed E-state index contributed by atoms with van der Waals surface area (Å²) in [5.74, 6) is -2.98. The number of carboxylic acids is 1. The van der Waals surface area contributed by atoms with E-state index in [-0.39, 0.29) is 11.8 Å². The van der Waals surface area contributed by atoms with E-state index >= 15 is 0 Å². The van der Waals surface area contributed by atoms with Gasteiger partial charge in [0, 0.05) is 32.1 Å². The number of alkyl halides is 3. The summed E-state index contributed by atoms with van der Waals surface area (Å²) in [6, 6.07) is 7.52. The number of carboxylic acid groups (broad SMARTS) is 1. The third kappa shape index (κ3) is 11.0. The number of rotatable bonds is 6. The zero-order valence-corrected chi connectivity index (χ0v) is 14.7. The lowest BCUT2D eigenvalue weighted by atomic mass is 10.1. The summed E-state index contributed by atoms with van der Waals surface area (Å²) in [4.78, 5) is 33.4. The van der Waals surface area contributed by atoms with Crippen molar-refractivity contribution in [3.05, 3.63) is 35.4 Å². The minimum absolute atomic E-state index is 0.0951. The van der Waals surface area contributed by atoms with Crippen molar-refractivity contribution in [1.29, 1.82) is 0 Å². The number of hydrogen-bond donors (Lipinski definition) is 3. The lowest BCUT2D eigenvalue weighted by Crippen LogP contribution is -2.33. The Morgan fingerprint density at radius 2 is 1.50 bits per heavy atom. The summed E-state index contributed by atoms with van der Waals surface area (Å²) in [5.41, 5.74) is 1.80. The van der Waals surface area contributed by atoms with E-state index in [2.05, 4.69) is 15.5 Å². The zero-order chi connectivity index (χ0) is 20.3. The number of aliphatic carboxylic acids is 1. The third-order valence-corrected chi connectivity index (χ3v) is 2.74. The molecule has 10 heteroatoms. The van der Waals surface area contributed by atoms with Gasteiger partial charge in [0.1, 0.15) is 0 Å². The van der Waals surface area contributed by atoms with Gasteiger partial charge in [-0.25, -0.2) is 4.79 Å². The van der Waals surface area contributed by atoms with Crippen molar-refractivity contribution in [3.63, 3.8) is 0 Å². The molecule has 1 rings (SSSR count). The van der Waals surface area contributed by atoms with Crippen molar-refractivity contribution in [3.8, 4) is 0 Å². The average molecular weight is 377 g/mol. The second-order valence-electron chi connectivity index (χ2n) is 5.48. The molecule has 1 aromatic carbocycles. The molecular weight excluding hydrogens is 355 g/mol. The van der Waals surface area contributed by atoms with Crippen molar-refractivity contribution < 1.29 is 32.7 Å². The Labute approximate surface area is 149 Å². The Bertz CT molecular complexity index is 602. The normalized spacial score (nSPS) is 10.6. The molecule has 0 unspecified atom stereocenters. The van der Waals surface area contributed by atoms with Crippen LogP contribution in [0.4, 0.5) is 13.2 Å². The van der Waals surface area contributed by atoms with E-state index in [9.17, 15) is 22.8 Å². The zero-order valence-electron chi connectivity index (χ0n) is 14.7. The van der Waals surface area contributed by atoms with E-state index in [1.807, 2.05) is 38.4 Å². The minimum Gasteiger partial charge on any atom is -0.475 e. The molecule has 26 heavy (non-hydrogen) atoms. The quantitative estimate of drug-likeness (QED) is 0.648. The SMILES string of the molecule is CC(=O)NCCNC(=O)c1ccc(CN(C)C)cc1.O=C(O)C(F)(F)F. The van der Waals surface area contributed by atoms with E-state index < -0.39 is 12.1 Å². The number of benzene rings is 1. The number of nitrogens with zero attached hydrogens (tertiary/aromatic N) is 1. The molecule has 0 atom stereocenters. The highest BCUT2D eigenvalue weighted by Crippen LogP contribution is 2.13. The Hall–Kier alpha value is -2.62. The largest absolute Gasteiger partial charge is 0.490 e. The lowest BCUT2D eigenvalue weighted by Gasteiger charge is -2.10. The van der Waals surface area contributed by atoms with Crippen molar-refractivity contribution in [2.24, 2.45) is 0 Å². The van der Waals surface area contributed by atoms with Gasteiger partial charge in [-0.3, -0.25) is 9.59 Å². The maximum absolute atomic E-state index is 11.8. The molecule has 0 spiro atoms. The first kappa shape index (κ1) is 23.4. The second-order valence-corrected chi connectivity index (χ2v) is 5.48. The molecule has 0 bridgehead atoms. The first-order chi connectivity index (χ1) is 11.9. The Kier molecular flexibility index (Phi) is 9.97. The Morgan fingerprint density at radius 3 is 1.88 bits per heavy atom. The first-order valence-corrected chi connectivity index (χ1v) is 7.50. The number of hydrogen-bond acceptors (Lipinski definition) is 4. The van der Waals surface area contributed by atoms with Crippen LogP contribution in [0.5, 0.6) is 0 Å². The summed E-state index contributed by atoms with van der Waals surface area (Å²) in [7, 11) is 4.01. The van der Waals surface area contributed by atoms with Crippen LogP contribution in [-0.2, 0) is 16.1 Å². The molecule has 0 saturated heterocycles. The summed E-state index contributed by atoms with van der Waals surface area (Å²) in [5, 5.41) is 12.5. The van der Waals surface area contributed by atoms with Crippen LogP contribution < -0.4 is 10.6 Å². The smallest absolute Gasteiger partial charge is 0.475 e. The molecular formula is C16H22F3N3O4. The number of carbonyl (C=O) groups is 3. The maximum atomic E-state index is 11.8. The summed E-state index contributed by atoms with van der Waals surface area (Å²) < 4.78 is 31.7. The molecule has 0 saturated carbocycles. The monoisotopic (exact) mass is 377 g/mol. The third-order valence-electron chi connectivity index (χ3n) is 2.74. The van der Waals surface area contributed by atoms with Crippen LogP contribution in [-0.4, -0.2) is 61.2 Å². The highest BCUT2D eigenvalue weighted by atomic mass is 19.4. The molecule has 1 aromatic rings. The standard InChI is InChI=1S/C14H21N3O2.C2HF3O2/c1-11(18)15-8-9-16-14(19)13-6-4-12(5-7-13)10-17(2)3;3-2(4,5)1(6)7/h4-7H,8-10H2,1-3H3,(H,15,18)(H,16,19);(H,6,7). The van der Waals surface area contributed by atoms with Gasteiger partial charge in [0.25, 0.3) is 5.91 Å². The summed E-state index contributed by atoms with van der Waals surface area (Å²) in [6.45, 7) is 3.17. The predicted molar refractivity (Wildman–Crippen MR) is 88.5 cm³/mol. The second kappa shape index (κ2) is 11.1. The number of carbonyl (C=O) groups excluding carboxylic acids is 2. The van der Waals surface area contributed by atoms with Gasteiger partial charge in [-0.15, -0.1) is 0 Å². The summed E-state index contributed by atoms with van der Waals surface area (Å²) >= 11 is 0. The van der Waals surface area contributed by atoms with E-state index in [0.29, 0.717) is 18.7 Å². The molecule has 0 heterocycles. The molecule has 146 valence electrons. The van der Waals surface area contributed by atoms with Gasteiger partial charge in [-0.1, -0.05) is 12.1 Å². The van der Waals surface area contributed by atoms with Crippen LogP contribution in [0.15, 0.2) is 24.3 Å². The van der Waals surface area contributed by atoms with Crippen molar-refractivity contribution >= 4 is 17.8 Å². The van der Waals surface area contributed by atoms with Crippen molar-refractivity contribution in [2.45, 2.75) is 19.6 Å². The van der Waals surface area contributed by atoms with Gasteiger partial charge in [-0.05, 0) is 31.8 Å². The molecule has 2 amide bonds. The minimum atomic E-state index is -5.08. The molecule has 0 aliphatic carbocycles. The van der Waals surface area contributed by atoms with E-state index in [4.69, 9.17) is 9.90 Å². The van der Waals surface area contributed by atoms with E-state index in [0.717, 1.165) is 6.54 Å². The van der Waals surface area contributed by atoms with Gasteiger partial charge in [0.2, 0.25) is 5.91 Å². The maximum Gasteiger partial charge on any atom is 0.490 e. The first-order valence-electron chi connectivity index (χ1n) is 7.50. The highest BCUT2D eigenvalue weighted by Gasteiger charge is 2.38. The van der Waals surface area contributed by atoms with Gasteiger partial charge >= 0.3 is 12.1 Å². The molecule has 7 nitrogen and oxygen atoms in total.